The Morgan fingerprint density at radius 2 is 1.95 bits per heavy atom. The number of ether oxygens (including phenoxy) is 1. The largest absolute Gasteiger partial charge is 0.394 e. The third-order valence-electron chi connectivity index (χ3n) is 2.66. The van der Waals surface area contributed by atoms with Gasteiger partial charge in [0.05, 0.1) is 19.0 Å². The van der Waals surface area contributed by atoms with Crippen LogP contribution in [0.25, 0.3) is 11.2 Å². The van der Waals surface area contributed by atoms with Crippen LogP contribution in [-0.4, -0.2) is 60.4 Å². The number of imidazole rings is 1. The van der Waals surface area contributed by atoms with Crippen molar-refractivity contribution in [2.45, 2.75) is 38.7 Å². The Kier molecular flexibility index (Phi) is 6.62. The molecule has 0 spiro atoms. The van der Waals surface area contributed by atoms with Gasteiger partial charge in [0, 0.05) is 13.7 Å². The van der Waals surface area contributed by atoms with Gasteiger partial charge in [-0.25, -0.2) is 15.0 Å². The Labute approximate surface area is 128 Å². The molecule has 0 bridgehead atoms. The Bertz CT molecular complexity index is 571. The first-order chi connectivity index (χ1) is 10.3. The summed E-state index contributed by atoms with van der Waals surface area (Å²) in [6.45, 7) is 3.26. The number of nitrogen functional groups attached to an aromatic ring is 1. The predicted molar refractivity (Wildman–Crippen MR) is 80.8 cm³/mol. The average molecular weight is 313 g/mol. The van der Waals surface area contributed by atoms with Crippen molar-refractivity contribution in [3.63, 3.8) is 0 Å². The zero-order valence-electron chi connectivity index (χ0n) is 13.0. The minimum Gasteiger partial charge on any atom is -0.394 e. The van der Waals surface area contributed by atoms with Crippen molar-refractivity contribution in [2.24, 2.45) is 0 Å². The van der Waals surface area contributed by atoms with Crippen molar-refractivity contribution in [3.8, 4) is 0 Å². The second-order valence-electron chi connectivity index (χ2n) is 5.19. The highest BCUT2D eigenvalue weighted by molar-refractivity contribution is 5.80. The number of aliphatic hydroxyl groups excluding tert-OH is 1. The lowest BCUT2D eigenvalue weighted by Crippen LogP contribution is -2.18. The van der Waals surface area contributed by atoms with E-state index in [-0.39, 0.29) is 12.7 Å². The molecule has 0 saturated heterocycles. The van der Waals surface area contributed by atoms with Crippen LogP contribution in [0.3, 0.4) is 0 Å². The van der Waals surface area contributed by atoms with Crippen LogP contribution >= 0.6 is 0 Å². The number of methoxy groups -OCH3 is 1. The molecule has 2 rings (SSSR count). The molecule has 9 heteroatoms. The maximum absolute atomic E-state index is 9.02. The molecular weight excluding hydrogens is 290 g/mol. The van der Waals surface area contributed by atoms with Crippen LogP contribution < -0.4 is 5.73 Å². The summed E-state index contributed by atoms with van der Waals surface area (Å²) in [5.74, 6) is -1.13. The lowest BCUT2D eigenvalue weighted by Gasteiger charge is -2.12. The number of aromatic nitrogens is 4. The second-order valence-corrected chi connectivity index (χ2v) is 5.19. The molecule has 0 aliphatic carbocycles. The Morgan fingerprint density at radius 1 is 1.32 bits per heavy atom. The molecule has 0 aromatic carbocycles. The summed E-state index contributed by atoms with van der Waals surface area (Å²) in [7, 11) is 1.58. The van der Waals surface area contributed by atoms with Crippen LogP contribution in [0.4, 0.5) is 5.82 Å². The number of hydrogen-bond donors (Lipinski definition) is 4. The van der Waals surface area contributed by atoms with Crippen molar-refractivity contribution in [1.29, 1.82) is 0 Å². The smallest absolute Gasteiger partial charge is 0.165 e. The standard InChI is InChI=1S/C10H15N5O2.C3H8O2/c1-17-7(4-16)2-3-15-6-14-8-9(11)12-5-13-10(8)15;1-3(2,4)5/h5-7,16H,2-4H2,1H3,(H2,11,12,13);4-5H,1-2H3. The predicted octanol–water partition coefficient (Wildman–Crippen LogP) is -0.487. The molecule has 5 N–H and O–H groups in total. The van der Waals surface area contributed by atoms with Crippen molar-refractivity contribution < 1.29 is 20.1 Å². The molecule has 124 valence electrons. The van der Waals surface area contributed by atoms with E-state index in [0.29, 0.717) is 29.9 Å². The van der Waals surface area contributed by atoms with E-state index in [2.05, 4.69) is 15.0 Å². The van der Waals surface area contributed by atoms with Crippen LogP contribution in [0, 0.1) is 0 Å². The molecule has 22 heavy (non-hydrogen) atoms. The molecule has 1 unspecified atom stereocenters. The Balaban J connectivity index is 0.000000422. The number of fused-ring (bicyclic) bond motifs is 1. The van der Waals surface area contributed by atoms with Gasteiger partial charge in [0.15, 0.2) is 17.3 Å². The van der Waals surface area contributed by atoms with E-state index in [1.165, 1.54) is 20.2 Å². The van der Waals surface area contributed by atoms with Crippen molar-refractivity contribution >= 4 is 17.0 Å². The van der Waals surface area contributed by atoms with E-state index in [1.54, 1.807) is 13.4 Å². The highest BCUT2D eigenvalue weighted by Gasteiger charge is 2.10. The van der Waals surface area contributed by atoms with Gasteiger partial charge < -0.3 is 30.4 Å². The van der Waals surface area contributed by atoms with E-state index in [9.17, 15) is 0 Å². The number of anilines is 1. The number of aryl methyl sites for hydroxylation is 1. The number of nitrogens with zero attached hydrogens (tertiary/aromatic N) is 4. The summed E-state index contributed by atoms with van der Waals surface area (Å²) in [5.41, 5.74) is 6.99. The lowest BCUT2D eigenvalue weighted by molar-refractivity contribution is -0.127. The maximum atomic E-state index is 9.02. The monoisotopic (exact) mass is 313 g/mol. The summed E-state index contributed by atoms with van der Waals surface area (Å²) >= 11 is 0. The van der Waals surface area contributed by atoms with E-state index in [1.807, 2.05) is 4.57 Å². The van der Waals surface area contributed by atoms with E-state index in [0.717, 1.165) is 0 Å². The van der Waals surface area contributed by atoms with Crippen LogP contribution in [-0.2, 0) is 11.3 Å². The van der Waals surface area contributed by atoms with Gasteiger partial charge in [-0.2, -0.15) is 0 Å². The second kappa shape index (κ2) is 7.99. The first-order valence-electron chi connectivity index (χ1n) is 6.76. The summed E-state index contributed by atoms with van der Waals surface area (Å²) in [4.78, 5) is 12.2. The molecule has 2 aromatic heterocycles. The van der Waals surface area contributed by atoms with Gasteiger partial charge in [0.25, 0.3) is 0 Å². The number of hydrogen-bond acceptors (Lipinski definition) is 8. The normalized spacial score (nSPS) is 12.8. The third-order valence-corrected chi connectivity index (χ3v) is 2.66. The van der Waals surface area contributed by atoms with Crippen LogP contribution in [0.2, 0.25) is 0 Å². The van der Waals surface area contributed by atoms with Crippen molar-refractivity contribution in [1.82, 2.24) is 19.5 Å². The van der Waals surface area contributed by atoms with Crippen LogP contribution in [0.1, 0.15) is 20.3 Å². The van der Waals surface area contributed by atoms with Gasteiger partial charge in [-0.3, -0.25) is 0 Å². The van der Waals surface area contributed by atoms with Gasteiger partial charge in [-0.15, -0.1) is 0 Å². The highest BCUT2D eigenvalue weighted by atomic mass is 16.5. The fraction of sp³-hybridized carbons (Fsp3) is 0.615. The highest BCUT2D eigenvalue weighted by Crippen LogP contribution is 2.14. The first kappa shape index (κ1) is 18.2. The molecule has 2 aromatic rings. The molecule has 0 fully saturated rings. The lowest BCUT2D eigenvalue weighted by atomic mass is 10.2. The molecule has 2 heterocycles. The van der Waals surface area contributed by atoms with E-state index < -0.39 is 5.79 Å². The fourth-order valence-electron chi connectivity index (χ4n) is 1.63. The topological polar surface area (TPSA) is 140 Å². The fourth-order valence-corrected chi connectivity index (χ4v) is 1.63. The van der Waals surface area contributed by atoms with Crippen molar-refractivity contribution in [3.05, 3.63) is 12.7 Å². The molecule has 9 nitrogen and oxygen atoms in total. The zero-order valence-corrected chi connectivity index (χ0v) is 13.0. The van der Waals surface area contributed by atoms with Gasteiger partial charge in [-0.1, -0.05) is 0 Å². The molecule has 0 radical (unpaired) electrons. The average Bonchev–Trinajstić information content (AvgIpc) is 2.83. The summed E-state index contributed by atoms with van der Waals surface area (Å²) < 4.78 is 6.96. The summed E-state index contributed by atoms with van der Waals surface area (Å²) in [6.07, 6.45) is 3.59. The number of nitrogens with two attached hydrogens (primary N) is 1. The SMILES string of the molecule is CC(C)(O)O.COC(CO)CCn1cnc2c(N)ncnc21. The number of aliphatic hydroxyl groups is 3. The molecule has 0 aliphatic rings. The van der Waals surface area contributed by atoms with E-state index >= 15 is 0 Å². The summed E-state index contributed by atoms with van der Waals surface area (Å²) in [6, 6.07) is 0. The third kappa shape index (κ3) is 5.90. The van der Waals surface area contributed by atoms with Gasteiger partial charge >= 0.3 is 0 Å². The maximum Gasteiger partial charge on any atom is 0.165 e. The molecule has 1 atom stereocenters. The molecule has 0 amide bonds. The van der Waals surface area contributed by atoms with Crippen LogP contribution in [0.15, 0.2) is 12.7 Å². The molecular formula is C13H23N5O4. The quantitative estimate of drug-likeness (QED) is 0.542. The molecule has 0 saturated carbocycles. The first-order valence-corrected chi connectivity index (χ1v) is 6.76. The van der Waals surface area contributed by atoms with Crippen molar-refractivity contribution in [2.75, 3.05) is 19.5 Å². The van der Waals surface area contributed by atoms with Gasteiger partial charge in [-0.05, 0) is 20.3 Å². The summed E-state index contributed by atoms with van der Waals surface area (Å²) in [5, 5.41) is 25.2. The Morgan fingerprint density at radius 3 is 2.50 bits per heavy atom. The van der Waals surface area contributed by atoms with Gasteiger partial charge in [0.1, 0.15) is 11.8 Å². The van der Waals surface area contributed by atoms with E-state index in [4.69, 9.17) is 25.8 Å². The zero-order chi connectivity index (χ0) is 16.8. The number of rotatable bonds is 5. The van der Waals surface area contributed by atoms with Crippen LogP contribution in [0.5, 0.6) is 0 Å². The Hall–Kier alpha value is -1.81. The molecule has 0 aliphatic heterocycles. The minimum atomic E-state index is -1.50. The minimum absolute atomic E-state index is 0.000251. The van der Waals surface area contributed by atoms with Gasteiger partial charge in [0.2, 0.25) is 0 Å².